The maximum absolute atomic E-state index is 12.7. The summed E-state index contributed by atoms with van der Waals surface area (Å²) in [6.07, 6.45) is 3.04. The number of aliphatic carboxylic acids is 1. The Morgan fingerprint density at radius 2 is 2.24 bits per heavy atom. The summed E-state index contributed by atoms with van der Waals surface area (Å²) in [5.74, 6) is -1.42. The van der Waals surface area contributed by atoms with Crippen LogP contribution in [0, 0.1) is 12.8 Å². The van der Waals surface area contributed by atoms with Gasteiger partial charge in [-0.05, 0) is 37.5 Å². The molecule has 1 fully saturated rings. The van der Waals surface area contributed by atoms with E-state index in [1.807, 2.05) is 19.1 Å². The summed E-state index contributed by atoms with van der Waals surface area (Å²) < 4.78 is 0. The van der Waals surface area contributed by atoms with Crippen molar-refractivity contribution in [3.63, 3.8) is 0 Å². The van der Waals surface area contributed by atoms with E-state index in [2.05, 4.69) is 10.2 Å². The Kier molecular flexibility index (Phi) is 3.37. The number of hydrogen-bond acceptors (Lipinski definition) is 3. The minimum absolute atomic E-state index is 0.126. The van der Waals surface area contributed by atoms with Gasteiger partial charge >= 0.3 is 5.97 Å². The van der Waals surface area contributed by atoms with Crippen LogP contribution in [0.3, 0.4) is 0 Å². The Morgan fingerprint density at radius 3 is 3.00 bits per heavy atom. The molecule has 1 saturated heterocycles. The summed E-state index contributed by atoms with van der Waals surface area (Å²) in [4.78, 5) is 25.5. The first-order valence-electron chi connectivity index (χ1n) is 7.02. The van der Waals surface area contributed by atoms with Crippen LogP contribution in [0.25, 0.3) is 10.9 Å². The van der Waals surface area contributed by atoms with Crippen LogP contribution in [0.15, 0.2) is 18.3 Å². The molecular formula is C15H17N3O3. The Bertz CT molecular complexity index is 707. The molecule has 1 amide bonds. The second-order valence-corrected chi connectivity index (χ2v) is 5.58. The van der Waals surface area contributed by atoms with Gasteiger partial charge in [0.1, 0.15) is 0 Å². The molecule has 6 heteroatoms. The molecule has 2 N–H and O–H groups in total. The van der Waals surface area contributed by atoms with Crippen LogP contribution in [0.1, 0.15) is 28.8 Å². The number of hydrogen-bond donors (Lipinski definition) is 2. The molecule has 0 spiro atoms. The summed E-state index contributed by atoms with van der Waals surface area (Å²) in [6.45, 7) is 2.81. The molecule has 1 atom stereocenters. The minimum atomic E-state index is -0.830. The van der Waals surface area contributed by atoms with E-state index in [9.17, 15) is 9.59 Å². The van der Waals surface area contributed by atoms with Gasteiger partial charge in [0.05, 0.1) is 23.2 Å². The van der Waals surface area contributed by atoms with E-state index in [0.717, 1.165) is 17.4 Å². The van der Waals surface area contributed by atoms with E-state index >= 15 is 0 Å². The zero-order chi connectivity index (χ0) is 15.0. The van der Waals surface area contributed by atoms with E-state index in [0.29, 0.717) is 24.0 Å². The van der Waals surface area contributed by atoms with Gasteiger partial charge in [-0.3, -0.25) is 14.7 Å². The highest BCUT2D eigenvalue weighted by Crippen LogP contribution is 2.23. The number of fused-ring (bicyclic) bond motifs is 1. The maximum atomic E-state index is 12.7. The third kappa shape index (κ3) is 2.49. The van der Waals surface area contributed by atoms with Crippen molar-refractivity contribution in [3.05, 3.63) is 29.5 Å². The molecule has 0 radical (unpaired) electrons. The molecule has 0 aliphatic carbocycles. The zero-order valence-corrected chi connectivity index (χ0v) is 11.8. The molecule has 21 heavy (non-hydrogen) atoms. The number of aryl methyl sites for hydroxylation is 1. The van der Waals surface area contributed by atoms with Crippen molar-refractivity contribution in [2.45, 2.75) is 19.8 Å². The van der Waals surface area contributed by atoms with Crippen molar-refractivity contribution in [2.24, 2.45) is 5.92 Å². The Hall–Kier alpha value is -2.37. The van der Waals surface area contributed by atoms with Crippen molar-refractivity contribution in [1.82, 2.24) is 15.1 Å². The molecule has 110 valence electrons. The molecule has 1 aliphatic rings. The summed E-state index contributed by atoms with van der Waals surface area (Å²) in [7, 11) is 0. The average Bonchev–Trinajstić information content (AvgIpc) is 2.93. The van der Waals surface area contributed by atoms with Crippen molar-refractivity contribution in [3.8, 4) is 0 Å². The number of carbonyl (C=O) groups excluding carboxylic acids is 1. The van der Waals surface area contributed by atoms with E-state index in [-0.39, 0.29) is 12.5 Å². The number of H-pyrrole nitrogens is 1. The summed E-state index contributed by atoms with van der Waals surface area (Å²) in [5.41, 5.74) is 2.26. The number of aromatic amines is 1. The Labute approximate surface area is 121 Å². The topological polar surface area (TPSA) is 86.3 Å². The smallest absolute Gasteiger partial charge is 0.308 e. The fourth-order valence-corrected chi connectivity index (χ4v) is 2.91. The van der Waals surface area contributed by atoms with E-state index in [4.69, 9.17) is 5.11 Å². The third-order valence-electron chi connectivity index (χ3n) is 3.98. The number of rotatable bonds is 2. The van der Waals surface area contributed by atoms with Gasteiger partial charge in [0, 0.05) is 18.5 Å². The van der Waals surface area contributed by atoms with Crippen LogP contribution in [0.5, 0.6) is 0 Å². The van der Waals surface area contributed by atoms with E-state index in [1.54, 1.807) is 11.1 Å². The number of benzene rings is 1. The van der Waals surface area contributed by atoms with Crippen molar-refractivity contribution in [1.29, 1.82) is 0 Å². The summed E-state index contributed by atoms with van der Waals surface area (Å²) >= 11 is 0. The Balaban J connectivity index is 1.93. The number of likely N-dealkylation sites (tertiary alicyclic amines) is 1. The predicted molar refractivity (Wildman–Crippen MR) is 77.1 cm³/mol. The van der Waals surface area contributed by atoms with Gasteiger partial charge < -0.3 is 10.0 Å². The quantitative estimate of drug-likeness (QED) is 0.882. The number of carboxylic acid groups (broad SMARTS) is 1. The van der Waals surface area contributed by atoms with Gasteiger partial charge in [-0.1, -0.05) is 0 Å². The first-order valence-corrected chi connectivity index (χ1v) is 7.02. The lowest BCUT2D eigenvalue weighted by molar-refractivity contribution is -0.143. The third-order valence-corrected chi connectivity index (χ3v) is 3.98. The van der Waals surface area contributed by atoms with Crippen LogP contribution in [-0.4, -0.2) is 45.2 Å². The maximum Gasteiger partial charge on any atom is 0.308 e. The standard InChI is InChI=1S/C15H17N3O3/c1-9-5-11-7-16-17-13(11)12(6-9)14(19)18-4-2-3-10(8-18)15(20)21/h5-7,10H,2-4,8H2,1H3,(H,16,17)(H,20,21). The van der Waals surface area contributed by atoms with E-state index < -0.39 is 11.9 Å². The lowest BCUT2D eigenvalue weighted by atomic mass is 9.97. The molecule has 1 aromatic heterocycles. The molecule has 0 bridgehead atoms. The van der Waals surface area contributed by atoms with Gasteiger partial charge in [0.2, 0.25) is 0 Å². The number of nitrogens with zero attached hydrogens (tertiary/aromatic N) is 2. The second kappa shape index (κ2) is 5.20. The van der Waals surface area contributed by atoms with Crippen molar-refractivity contribution >= 4 is 22.8 Å². The molecule has 1 unspecified atom stereocenters. The molecule has 2 heterocycles. The molecule has 0 saturated carbocycles. The van der Waals surface area contributed by atoms with Crippen LogP contribution >= 0.6 is 0 Å². The number of carboxylic acids is 1. The molecule has 3 rings (SSSR count). The van der Waals surface area contributed by atoms with Crippen LogP contribution in [0.4, 0.5) is 0 Å². The largest absolute Gasteiger partial charge is 0.481 e. The van der Waals surface area contributed by atoms with Crippen molar-refractivity contribution in [2.75, 3.05) is 13.1 Å². The molecule has 1 aromatic carbocycles. The molecule has 2 aromatic rings. The average molecular weight is 287 g/mol. The van der Waals surface area contributed by atoms with Crippen LogP contribution in [-0.2, 0) is 4.79 Å². The van der Waals surface area contributed by atoms with Gasteiger partial charge in [-0.25, -0.2) is 0 Å². The van der Waals surface area contributed by atoms with Gasteiger partial charge in [-0.15, -0.1) is 0 Å². The summed E-state index contributed by atoms with van der Waals surface area (Å²) in [6, 6.07) is 3.79. The SMILES string of the molecule is Cc1cc(C(=O)N2CCCC(C(=O)O)C2)c2[nH]ncc2c1. The first-order chi connectivity index (χ1) is 10.1. The monoisotopic (exact) mass is 287 g/mol. The number of carbonyl (C=O) groups is 2. The molecule has 6 nitrogen and oxygen atoms in total. The second-order valence-electron chi connectivity index (χ2n) is 5.58. The normalized spacial score (nSPS) is 18.9. The number of aromatic nitrogens is 2. The van der Waals surface area contributed by atoms with Gasteiger partial charge in [0.25, 0.3) is 5.91 Å². The minimum Gasteiger partial charge on any atom is -0.481 e. The fourth-order valence-electron chi connectivity index (χ4n) is 2.91. The number of amides is 1. The number of piperidine rings is 1. The van der Waals surface area contributed by atoms with Gasteiger partial charge in [0.15, 0.2) is 0 Å². The molecular weight excluding hydrogens is 270 g/mol. The number of nitrogens with one attached hydrogen (secondary N) is 1. The van der Waals surface area contributed by atoms with E-state index in [1.165, 1.54) is 0 Å². The van der Waals surface area contributed by atoms with Gasteiger partial charge in [-0.2, -0.15) is 5.10 Å². The van der Waals surface area contributed by atoms with Crippen LogP contribution in [0.2, 0.25) is 0 Å². The highest BCUT2D eigenvalue weighted by Gasteiger charge is 2.29. The highest BCUT2D eigenvalue weighted by molar-refractivity contribution is 6.05. The first kappa shape index (κ1) is 13.6. The fraction of sp³-hybridized carbons (Fsp3) is 0.400. The predicted octanol–water partition coefficient (Wildman–Crippen LogP) is 1.81. The van der Waals surface area contributed by atoms with Crippen LogP contribution < -0.4 is 0 Å². The zero-order valence-electron chi connectivity index (χ0n) is 11.8. The lowest BCUT2D eigenvalue weighted by Crippen LogP contribution is -2.42. The highest BCUT2D eigenvalue weighted by atomic mass is 16.4. The lowest BCUT2D eigenvalue weighted by Gasteiger charge is -2.30. The molecule has 1 aliphatic heterocycles. The Morgan fingerprint density at radius 1 is 1.43 bits per heavy atom. The summed E-state index contributed by atoms with van der Waals surface area (Å²) in [5, 5.41) is 16.9. The van der Waals surface area contributed by atoms with Crippen molar-refractivity contribution < 1.29 is 14.7 Å².